The summed E-state index contributed by atoms with van der Waals surface area (Å²) in [5.41, 5.74) is 1.07. The Kier molecular flexibility index (Phi) is 6.63. The van der Waals surface area contributed by atoms with Crippen molar-refractivity contribution in [2.24, 2.45) is 0 Å². The SMILES string of the molecule is CC(Cl)(CCOCc1ccc(Br)cc1)C(=O)OBr. The van der Waals surface area contributed by atoms with Crippen molar-refractivity contribution in [2.75, 3.05) is 6.61 Å². The van der Waals surface area contributed by atoms with Crippen molar-refractivity contribution in [2.45, 2.75) is 24.8 Å². The van der Waals surface area contributed by atoms with Gasteiger partial charge in [0, 0.05) is 17.5 Å². The number of hydrogen-bond acceptors (Lipinski definition) is 3. The Hall–Kier alpha value is -0.100. The zero-order chi connectivity index (χ0) is 13.6. The number of carbonyl (C=O) groups is 1. The summed E-state index contributed by atoms with van der Waals surface area (Å²) >= 11 is 12.0. The van der Waals surface area contributed by atoms with Gasteiger partial charge in [-0.2, -0.15) is 0 Å². The van der Waals surface area contributed by atoms with Gasteiger partial charge in [0.15, 0.2) is 16.3 Å². The Morgan fingerprint density at radius 3 is 2.56 bits per heavy atom. The van der Waals surface area contributed by atoms with Crippen LogP contribution in [0.5, 0.6) is 0 Å². The van der Waals surface area contributed by atoms with Crippen LogP contribution in [0.4, 0.5) is 0 Å². The largest absolute Gasteiger partial charge is 0.382 e. The average molecular weight is 400 g/mol. The van der Waals surface area contributed by atoms with Crippen LogP contribution >= 0.6 is 43.8 Å². The van der Waals surface area contributed by atoms with Crippen molar-refractivity contribution in [3.05, 3.63) is 34.3 Å². The minimum absolute atomic E-state index is 0.384. The summed E-state index contributed by atoms with van der Waals surface area (Å²) in [6.45, 7) is 2.48. The van der Waals surface area contributed by atoms with Crippen LogP contribution < -0.4 is 0 Å². The molecule has 1 rings (SSSR count). The minimum Gasteiger partial charge on any atom is -0.382 e. The molecule has 0 fully saturated rings. The van der Waals surface area contributed by atoms with E-state index in [0.29, 0.717) is 19.6 Å². The maximum absolute atomic E-state index is 11.3. The van der Waals surface area contributed by atoms with Crippen molar-refractivity contribution in [3.63, 3.8) is 0 Å². The Labute approximate surface area is 128 Å². The van der Waals surface area contributed by atoms with Crippen LogP contribution in [0.3, 0.4) is 0 Å². The number of ether oxygens (including phenoxy) is 1. The first-order valence-corrected chi connectivity index (χ1v) is 7.11. The van der Waals surface area contributed by atoms with Crippen LogP contribution in [-0.2, 0) is 20.0 Å². The van der Waals surface area contributed by atoms with Crippen LogP contribution in [0.1, 0.15) is 18.9 Å². The Balaban J connectivity index is 2.30. The van der Waals surface area contributed by atoms with Gasteiger partial charge >= 0.3 is 5.97 Å². The molecular formula is C12H13Br2ClO3. The smallest absolute Gasteiger partial charge is 0.338 e. The molecule has 1 aromatic rings. The number of benzene rings is 1. The fourth-order valence-electron chi connectivity index (χ4n) is 1.22. The highest BCUT2D eigenvalue weighted by Gasteiger charge is 2.31. The fraction of sp³-hybridized carbons (Fsp3) is 0.417. The predicted octanol–water partition coefficient (Wildman–Crippen LogP) is 4.21. The first-order chi connectivity index (χ1) is 8.45. The monoisotopic (exact) mass is 398 g/mol. The van der Waals surface area contributed by atoms with Gasteiger partial charge < -0.3 is 8.57 Å². The van der Waals surface area contributed by atoms with Gasteiger partial charge in [-0.1, -0.05) is 28.1 Å². The van der Waals surface area contributed by atoms with Crippen molar-refractivity contribution in [1.82, 2.24) is 0 Å². The number of carbonyl (C=O) groups excluding carboxylic acids is 1. The van der Waals surface area contributed by atoms with Crippen molar-refractivity contribution >= 4 is 49.8 Å². The van der Waals surface area contributed by atoms with E-state index in [1.54, 1.807) is 6.92 Å². The molecule has 0 spiro atoms. The Morgan fingerprint density at radius 2 is 2.00 bits per heavy atom. The summed E-state index contributed by atoms with van der Waals surface area (Å²) in [5, 5.41) is 0. The molecule has 3 nitrogen and oxygen atoms in total. The Bertz CT molecular complexity index is 393. The van der Waals surface area contributed by atoms with Crippen molar-refractivity contribution in [1.29, 1.82) is 0 Å². The van der Waals surface area contributed by atoms with Gasteiger partial charge in [0.1, 0.15) is 4.87 Å². The van der Waals surface area contributed by atoms with E-state index in [4.69, 9.17) is 16.3 Å². The molecule has 0 saturated heterocycles. The number of halogens is 3. The number of hydrogen-bond donors (Lipinski definition) is 0. The number of rotatable bonds is 6. The summed E-state index contributed by atoms with van der Waals surface area (Å²) in [4.78, 5) is 10.2. The van der Waals surface area contributed by atoms with Gasteiger partial charge in [0.2, 0.25) is 0 Å². The van der Waals surface area contributed by atoms with Crippen LogP contribution in [0.2, 0.25) is 0 Å². The molecule has 1 atom stereocenters. The minimum atomic E-state index is -1.07. The summed E-state index contributed by atoms with van der Waals surface area (Å²) < 4.78 is 10.9. The topological polar surface area (TPSA) is 35.5 Å². The normalized spacial score (nSPS) is 14.0. The van der Waals surface area contributed by atoms with E-state index >= 15 is 0 Å². The van der Waals surface area contributed by atoms with Gasteiger partial charge in [-0.25, -0.2) is 4.79 Å². The van der Waals surface area contributed by atoms with Gasteiger partial charge in [-0.3, -0.25) is 0 Å². The third-order valence-electron chi connectivity index (χ3n) is 2.39. The molecule has 0 heterocycles. The molecule has 100 valence electrons. The molecule has 0 amide bonds. The van der Waals surface area contributed by atoms with E-state index in [1.807, 2.05) is 24.3 Å². The number of alkyl halides is 1. The van der Waals surface area contributed by atoms with Crippen LogP contribution in [0.25, 0.3) is 0 Å². The zero-order valence-corrected chi connectivity index (χ0v) is 13.7. The van der Waals surface area contributed by atoms with E-state index in [-0.39, 0.29) is 0 Å². The molecule has 18 heavy (non-hydrogen) atoms. The molecule has 0 aliphatic carbocycles. The average Bonchev–Trinajstić information content (AvgIpc) is 2.35. The second kappa shape index (κ2) is 7.48. The molecule has 0 aliphatic rings. The van der Waals surface area contributed by atoms with E-state index in [9.17, 15) is 4.79 Å². The van der Waals surface area contributed by atoms with Gasteiger partial charge in [0.25, 0.3) is 0 Å². The third-order valence-corrected chi connectivity index (χ3v) is 3.56. The standard InChI is InChI=1S/C12H13Br2ClO3/c1-12(15,11(16)18-14)6-7-17-8-9-2-4-10(13)5-3-9/h2-5H,6-8H2,1H3. The highest BCUT2D eigenvalue weighted by molar-refractivity contribution is 9.10. The van der Waals surface area contributed by atoms with E-state index in [0.717, 1.165) is 10.0 Å². The highest BCUT2D eigenvalue weighted by atomic mass is 79.9. The molecule has 1 aromatic carbocycles. The quantitative estimate of drug-likeness (QED) is 0.530. The zero-order valence-electron chi connectivity index (χ0n) is 9.79. The van der Waals surface area contributed by atoms with Gasteiger partial charge in [0.05, 0.1) is 6.61 Å². The van der Waals surface area contributed by atoms with E-state index in [1.165, 1.54) is 0 Å². The third kappa shape index (κ3) is 5.26. The summed E-state index contributed by atoms with van der Waals surface area (Å²) in [5.74, 6) is -0.517. The summed E-state index contributed by atoms with van der Waals surface area (Å²) in [6, 6.07) is 7.84. The lowest BCUT2D eigenvalue weighted by molar-refractivity contribution is -0.135. The van der Waals surface area contributed by atoms with Crippen molar-refractivity contribution in [3.8, 4) is 0 Å². The van der Waals surface area contributed by atoms with E-state index in [2.05, 4.69) is 36.0 Å². The molecule has 0 N–H and O–H groups in total. The maximum atomic E-state index is 11.3. The molecule has 0 radical (unpaired) electrons. The molecule has 1 unspecified atom stereocenters. The fourth-order valence-corrected chi connectivity index (χ4v) is 2.05. The van der Waals surface area contributed by atoms with Crippen LogP contribution in [-0.4, -0.2) is 17.5 Å². The first kappa shape index (κ1) is 16.0. The molecule has 0 bridgehead atoms. The lowest BCUT2D eigenvalue weighted by Crippen LogP contribution is -2.30. The molecule has 0 saturated carbocycles. The second-order valence-electron chi connectivity index (χ2n) is 3.99. The maximum Gasteiger partial charge on any atom is 0.338 e. The van der Waals surface area contributed by atoms with Gasteiger partial charge in [-0.15, -0.1) is 11.6 Å². The Morgan fingerprint density at radius 1 is 1.39 bits per heavy atom. The molecule has 6 heteroatoms. The summed E-state index contributed by atoms with van der Waals surface area (Å²) in [7, 11) is 0. The second-order valence-corrected chi connectivity index (χ2v) is 6.06. The summed E-state index contributed by atoms with van der Waals surface area (Å²) in [6.07, 6.45) is 0.384. The van der Waals surface area contributed by atoms with Crippen molar-refractivity contribution < 1.29 is 13.4 Å². The lowest BCUT2D eigenvalue weighted by Gasteiger charge is -2.17. The van der Waals surface area contributed by atoms with Gasteiger partial charge in [-0.05, 0) is 24.6 Å². The highest BCUT2D eigenvalue weighted by Crippen LogP contribution is 2.22. The molecule has 0 aliphatic heterocycles. The van der Waals surface area contributed by atoms with E-state index < -0.39 is 10.8 Å². The lowest BCUT2D eigenvalue weighted by atomic mass is 10.1. The molecule has 0 aromatic heterocycles. The first-order valence-electron chi connectivity index (χ1n) is 5.30. The van der Waals surface area contributed by atoms with Crippen LogP contribution in [0, 0.1) is 0 Å². The predicted molar refractivity (Wildman–Crippen MR) is 77.7 cm³/mol. The van der Waals surface area contributed by atoms with Crippen LogP contribution in [0.15, 0.2) is 28.7 Å². The molecular weight excluding hydrogens is 387 g/mol.